The van der Waals surface area contributed by atoms with Crippen LogP contribution >= 0.6 is 0 Å². The van der Waals surface area contributed by atoms with Crippen molar-refractivity contribution in [3.05, 3.63) is 29.6 Å². The summed E-state index contributed by atoms with van der Waals surface area (Å²) in [6.45, 7) is 0.419. The Morgan fingerprint density at radius 2 is 1.93 bits per heavy atom. The number of halogens is 1. The molecule has 0 aliphatic heterocycles. The van der Waals surface area contributed by atoms with Gasteiger partial charge in [-0.15, -0.1) is 0 Å². The minimum atomic E-state index is -0.445. The van der Waals surface area contributed by atoms with Gasteiger partial charge in [0.15, 0.2) is 17.3 Å². The maximum atomic E-state index is 13.3. The van der Waals surface area contributed by atoms with Crippen molar-refractivity contribution in [1.29, 1.82) is 0 Å². The summed E-state index contributed by atoms with van der Waals surface area (Å²) in [5, 5.41) is 0. The molecule has 3 nitrogen and oxygen atoms in total. The fourth-order valence-electron chi connectivity index (χ4n) is 1.28. The number of ether oxygens (including phenoxy) is 2. The third-order valence-electron chi connectivity index (χ3n) is 1.94. The van der Waals surface area contributed by atoms with Gasteiger partial charge in [0, 0.05) is 12.1 Å². The highest BCUT2D eigenvalue weighted by atomic mass is 19.1. The van der Waals surface area contributed by atoms with Crippen molar-refractivity contribution in [2.45, 2.75) is 0 Å². The van der Waals surface area contributed by atoms with Crippen molar-refractivity contribution < 1.29 is 13.9 Å². The molecule has 2 N–H and O–H groups in total. The number of benzene rings is 1. The van der Waals surface area contributed by atoms with Gasteiger partial charge >= 0.3 is 0 Å². The van der Waals surface area contributed by atoms with Crippen LogP contribution in [0.2, 0.25) is 0 Å². The van der Waals surface area contributed by atoms with Gasteiger partial charge in [-0.1, -0.05) is 12.2 Å². The predicted molar refractivity (Wildman–Crippen MR) is 57.6 cm³/mol. The molecular weight excluding hydrogens is 197 g/mol. The Morgan fingerprint density at radius 1 is 1.27 bits per heavy atom. The Balaban J connectivity index is 3.22. The minimum Gasteiger partial charge on any atom is -0.492 e. The van der Waals surface area contributed by atoms with E-state index in [2.05, 4.69) is 0 Å². The molecule has 0 aromatic heterocycles. The molecule has 0 atom stereocenters. The second-order valence-corrected chi connectivity index (χ2v) is 2.84. The highest BCUT2D eigenvalue weighted by Crippen LogP contribution is 2.34. The molecule has 0 spiro atoms. The van der Waals surface area contributed by atoms with E-state index in [-0.39, 0.29) is 5.75 Å². The number of rotatable bonds is 4. The normalized spacial score (nSPS) is 10.7. The molecular formula is C11H14FNO2. The van der Waals surface area contributed by atoms with Crippen LogP contribution < -0.4 is 15.2 Å². The van der Waals surface area contributed by atoms with Crippen LogP contribution in [0.25, 0.3) is 6.08 Å². The minimum absolute atomic E-state index is 0.108. The zero-order valence-corrected chi connectivity index (χ0v) is 8.79. The zero-order chi connectivity index (χ0) is 11.3. The van der Waals surface area contributed by atoms with Gasteiger partial charge in [-0.2, -0.15) is 0 Å². The smallest absolute Gasteiger partial charge is 0.197 e. The molecule has 0 saturated heterocycles. The lowest BCUT2D eigenvalue weighted by Crippen LogP contribution is -1.97. The van der Waals surface area contributed by atoms with Crippen molar-refractivity contribution in [3.8, 4) is 11.5 Å². The molecule has 1 aromatic carbocycles. The largest absolute Gasteiger partial charge is 0.492 e. The fraction of sp³-hybridized carbons (Fsp3) is 0.273. The van der Waals surface area contributed by atoms with Crippen LogP contribution in [0, 0.1) is 5.82 Å². The summed E-state index contributed by atoms with van der Waals surface area (Å²) in [6.07, 6.45) is 3.52. The predicted octanol–water partition coefficient (Wildman–Crippen LogP) is 1.81. The third kappa shape index (κ3) is 2.47. The third-order valence-corrected chi connectivity index (χ3v) is 1.94. The Morgan fingerprint density at radius 3 is 2.47 bits per heavy atom. The average molecular weight is 211 g/mol. The summed E-state index contributed by atoms with van der Waals surface area (Å²) >= 11 is 0. The van der Waals surface area contributed by atoms with Gasteiger partial charge in [0.05, 0.1) is 14.2 Å². The van der Waals surface area contributed by atoms with Crippen LogP contribution in [0.3, 0.4) is 0 Å². The van der Waals surface area contributed by atoms with E-state index >= 15 is 0 Å². The Kier molecular flexibility index (Phi) is 4.12. The molecule has 0 radical (unpaired) electrons. The molecule has 0 saturated carbocycles. The number of hydrogen-bond acceptors (Lipinski definition) is 3. The van der Waals surface area contributed by atoms with Crippen LogP contribution in [0.4, 0.5) is 4.39 Å². The molecule has 0 unspecified atom stereocenters. The van der Waals surface area contributed by atoms with Gasteiger partial charge in [-0.05, 0) is 12.1 Å². The summed E-state index contributed by atoms with van der Waals surface area (Å²) in [6, 6.07) is 2.94. The van der Waals surface area contributed by atoms with Crippen LogP contribution in [-0.4, -0.2) is 20.8 Å². The zero-order valence-electron chi connectivity index (χ0n) is 8.79. The maximum absolute atomic E-state index is 13.3. The molecule has 1 aromatic rings. The summed E-state index contributed by atoms with van der Waals surface area (Å²) < 4.78 is 23.3. The van der Waals surface area contributed by atoms with E-state index in [0.29, 0.717) is 12.3 Å². The molecule has 0 heterocycles. The van der Waals surface area contributed by atoms with E-state index in [1.54, 1.807) is 18.2 Å². The lowest BCUT2D eigenvalue weighted by molar-refractivity contribution is 0.337. The monoisotopic (exact) mass is 211 g/mol. The molecule has 0 aliphatic rings. The SMILES string of the molecule is COc1c(F)ccc(/C=C/CN)c1OC. The van der Waals surface area contributed by atoms with Crippen molar-refractivity contribution >= 4 is 6.08 Å². The standard InChI is InChI=1S/C11H14FNO2/c1-14-10-8(4-3-7-13)5-6-9(12)11(10)15-2/h3-6H,7,13H2,1-2H3/b4-3+. The van der Waals surface area contributed by atoms with Crippen molar-refractivity contribution in [1.82, 2.24) is 0 Å². The first-order valence-electron chi connectivity index (χ1n) is 4.51. The van der Waals surface area contributed by atoms with Gasteiger partial charge in [-0.3, -0.25) is 0 Å². The molecule has 4 heteroatoms. The first-order chi connectivity index (χ1) is 7.24. The van der Waals surface area contributed by atoms with Gasteiger partial charge < -0.3 is 15.2 Å². The van der Waals surface area contributed by atoms with Crippen LogP contribution in [0.5, 0.6) is 11.5 Å². The van der Waals surface area contributed by atoms with E-state index in [9.17, 15) is 4.39 Å². The Labute approximate surface area is 88.3 Å². The summed E-state index contributed by atoms with van der Waals surface area (Å²) in [5.41, 5.74) is 6.07. The van der Waals surface area contributed by atoms with E-state index < -0.39 is 5.82 Å². The maximum Gasteiger partial charge on any atom is 0.197 e. The quantitative estimate of drug-likeness (QED) is 0.826. The van der Waals surface area contributed by atoms with Gasteiger partial charge in [-0.25, -0.2) is 4.39 Å². The number of methoxy groups -OCH3 is 2. The summed E-state index contributed by atoms with van der Waals surface area (Å²) in [5.74, 6) is 0.0399. The van der Waals surface area contributed by atoms with Crippen LogP contribution in [0.15, 0.2) is 18.2 Å². The van der Waals surface area contributed by atoms with Crippen molar-refractivity contribution in [2.75, 3.05) is 20.8 Å². The average Bonchev–Trinajstić information content (AvgIpc) is 2.26. The second-order valence-electron chi connectivity index (χ2n) is 2.84. The first-order valence-corrected chi connectivity index (χ1v) is 4.51. The number of nitrogens with two attached hydrogens (primary N) is 1. The first kappa shape index (κ1) is 11.5. The fourth-order valence-corrected chi connectivity index (χ4v) is 1.28. The van der Waals surface area contributed by atoms with E-state index in [4.69, 9.17) is 15.2 Å². The lowest BCUT2D eigenvalue weighted by atomic mass is 10.1. The molecule has 15 heavy (non-hydrogen) atoms. The van der Waals surface area contributed by atoms with Crippen molar-refractivity contribution in [3.63, 3.8) is 0 Å². The van der Waals surface area contributed by atoms with Gasteiger partial charge in [0.25, 0.3) is 0 Å². The van der Waals surface area contributed by atoms with E-state index in [1.807, 2.05) is 0 Å². The Hall–Kier alpha value is -1.55. The van der Waals surface area contributed by atoms with Crippen LogP contribution in [-0.2, 0) is 0 Å². The lowest BCUT2D eigenvalue weighted by Gasteiger charge is -2.10. The van der Waals surface area contributed by atoms with E-state index in [0.717, 1.165) is 5.56 Å². The molecule has 1 rings (SSSR count). The molecule has 0 bridgehead atoms. The number of hydrogen-bond donors (Lipinski definition) is 1. The molecule has 0 fully saturated rings. The summed E-state index contributed by atoms with van der Waals surface area (Å²) in [7, 11) is 2.87. The highest BCUT2D eigenvalue weighted by Gasteiger charge is 2.12. The Bertz CT molecular complexity index is 364. The summed E-state index contributed by atoms with van der Waals surface area (Å²) in [4.78, 5) is 0. The van der Waals surface area contributed by atoms with Gasteiger partial charge in [0.2, 0.25) is 0 Å². The van der Waals surface area contributed by atoms with Crippen LogP contribution in [0.1, 0.15) is 5.56 Å². The molecule has 0 aliphatic carbocycles. The molecule has 82 valence electrons. The van der Waals surface area contributed by atoms with Crippen molar-refractivity contribution in [2.24, 2.45) is 5.73 Å². The molecule has 0 amide bonds. The second kappa shape index (κ2) is 5.36. The van der Waals surface area contributed by atoms with E-state index in [1.165, 1.54) is 20.3 Å². The highest BCUT2D eigenvalue weighted by molar-refractivity contribution is 5.62. The topological polar surface area (TPSA) is 44.5 Å². The van der Waals surface area contributed by atoms with Gasteiger partial charge in [0.1, 0.15) is 0 Å².